The normalized spacial score (nSPS) is 13.6. The van der Waals surface area contributed by atoms with Crippen molar-refractivity contribution in [2.24, 2.45) is 0 Å². The minimum Gasteiger partial charge on any atom is -0.451 e. The Morgan fingerprint density at radius 1 is 1.03 bits per heavy atom. The third kappa shape index (κ3) is 5.07. The second kappa shape index (κ2) is 9.40. The van der Waals surface area contributed by atoms with Gasteiger partial charge >= 0.3 is 5.97 Å². The third-order valence-corrected chi connectivity index (χ3v) is 4.81. The fourth-order valence-electron chi connectivity index (χ4n) is 3.23. The van der Waals surface area contributed by atoms with Gasteiger partial charge in [-0.2, -0.15) is 0 Å². The van der Waals surface area contributed by atoms with E-state index in [0.717, 1.165) is 18.8 Å². The van der Waals surface area contributed by atoms with Crippen LogP contribution in [-0.2, 0) is 14.3 Å². The Bertz CT molecular complexity index is 1040. The second-order valence-electron chi connectivity index (χ2n) is 6.90. The number of hydrogen-bond donors (Lipinski definition) is 1. The molecule has 1 fully saturated rings. The topological polar surface area (TPSA) is 85.7 Å². The minimum absolute atomic E-state index is 0.134. The molecule has 31 heavy (non-hydrogen) atoms. The van der Waals surface area contributed by atoms with Crippen LogP contribution in [0.25, 0.3) is 5.69 Å². The van der Waals surface area contributed by atoms with Gasteiger partial charge in [-0.15, -0.1) is 0 Å². The monoisotopic (exact) mass is 424 g/mol. The number of aromatic nitrogens is 2. The van der Waals surface area contributed by atoms with E-state index in [4.69, 9.17) is 9.47 Å². The lowest BCUT2D eigenvalue weighted by molar-refractivity contribution is -0.119. The Balaban J connectivity index is 1.31. The number of anilines is 2. The number of carbonyl (C=O) groups excluding carboxylic acids is 2. The van der Waals surface area contributed by atoms with Crippen LogP contribution < -0.4 is 10.2 Å². The fourth-order valence-corrected chi connectivity index (χ4v) is 3.23. The van der Waals surface area contributed by atoms with E-state index in [-0.39, 0.29) is 11.5 Å². The predicted molar refractivity (Wildman–Crippen MR) is 112 cm³/mol. The first-order valence-corrected chi connectivity index (χ1v) is 9.78. The number of halogens is 1. The van der Waals surface area contributed by atoms with Crippen molar-refractivity contribution < 1.29 is 23.5 Å². The van der Waals surface area contributed by atoms with E-state index >= 15 is 0 Å². The van der Waals surface area contributed by atoms with Crippen molar-refractivity contribution in [1.29, 1.82) is 0 Å². The van der Waals surface area contributed by atoms with Gasteiger partial charge in [-0.1, -0.05) is 0 Å². The molecule has 4 rings (SSSR count). The number of nitrogens with one attached hydrogen (secondary N) is 1. The van der Waals surface area contributed by atoms with Gasteiger partial charge in [0.1, 0.15) is 5.82 Å². The smallest absolute Gasteiger partial charge is 0.357 e. The molecule has 1 saturated heterocycles. The lowest BCUT2D eigenvalue weighted by Crippen LogP contribution is -2.36. The highest BCUT2D eigenvalue weighted by Crippen LogP contribution is 2.19. The molecule has 9 heteroatoms. The number of hydrogen-bond acceptors (Lipinski definition) is 6. The maximum atomic E-state index is 13.1. The Hall–Kier alpha value is -3.72. The number of rotatable bonds is 6. The van der Waals surface area contributed by atoms with Gasteiger partial charge in [0.15, 0.2) is 12.3 Å². The van der Waals surface area contributed by atoms with Crippen molar-refractivity contribution >= 4 is 23.3 Å². The van der Waals surface area contributed by atoms with Gasteiger partial charge in [0, 0.05) is 30.2 Å². The first-order valence-electron chi connectivity index (χ1n) is 9.78. The molecule has 0 radical (unpaired) electrons. The van der Waals surface area contributed by atoms with Crippen LogP contribution in [0.1, 0.15) is 10.5 Å². The van der Waals surface area contributed by atoms with E-state index in [1.165, 1.54) is 41.4 Å². The average Bonchev–Trinajstić information content (AvgIpc) is 3.29. The molecule has 0 unspecified atom stereocenters. The summed E-state index contributed by atoms with van der Waals surface area (Å²) in [6.07, 6.45) is 2.74. The number of ether oxygens (including phenoxy) is 2. The van der Waals surface area contributed by atoms with Crippen LogP contribution >= 0.6 is 0 Å². The number of amides is 1. The lowest BCUT2D eigenvalue weighted by Gasteiger charge is -2.28. The molecule has 2 aromatic carbocycles. The summed E-state index contributed by atoms with van der Waals surface area (Å²) in [7, 11) is 0. The molecule has 0 spiro atoms. The van der Waals surface area contributed by atoms with Crippen LogP contribution in [0.15, 0.2) is 61.1 Å². The zero-order valence-corrected chi connectivity index (χ0v) is 16.7. The second-order valence-corrected chi connectivity index (χ2v) is 6.90. The van der Waals surface area contributed by atoms with Crippen LogP contribution in [-0.4, -0.2) is 54.3 Å². The molecule has 2 heterocycles. The fraction of sp³-hybridized carbons (Fsp3) is 0.227. The molecule has 0 atom stereocenters. The standard InChI is InChI=1S/C22H21FN4O4/c23-16-1-5-19(6-2-16)27-15-24-13-20(27)22(29)31-14-21(28)25-17-3-7-18(8-4-17)26-9-11-30-12-10-26/h1-8,13,15H,9-12,14H2,(H,25,28). The van der Waals surface area contributed by atoms with Crippen molar-refractivity contribution in [3.8, 4) is 5.69 Å². The summed E-state index contributed by atoms with van der Waals surface area (Å²) in [5.74, 6) is -1.55. The van der Waals surface area contributed by atoms with Gasteiger partial charge in [0.2, 0.25) is 0 Å². The van der Waals surface area contributed by atoms with E-state index in [1.807, 2.05) is 12.1 Å². The van der Waals surface area contributed by atoms with Gasteiger partial charge in [0.05, 0.1) is 25.7 Å². The van der Waals surface area contributed by atoms with Crippen LogP contribution in [0.5, 0.6) is 0 Å². The predicted octanol–water partition coefficient (Wildman–Crippen LogP) is 2.64. The summed E-state index contributed by atoms with van der Waals surface area (Å²) in [6.45, 7) is 2.61. The molecule has 8 nitrogen and oxygen atoms in total. The highest BCUT2D eigenvalue weighted by atomic mass is 19.1. The summed E-state index contributed by atoms with van der Waals surface area (Å²) in [5.41, 5.74) is 2.35. The Kier molecular flexibility index (Phi) is 6.23. The maximum absolute atomic E-state index is 13.1. The summed E-state index contributed by atoms with van der Waals surface area (Å²) >= 11 is 0. The van der Waals surface area contributed by atoms with Crippen LogP contribution in [0, 0.1) is 5.82 Å². The number of imidazole rings is 1. The summed E-state index contributed by atoms with van der Waals surface area (Å²) in [4.78, 5) is 30.7. The zero-order valence-electron chi connectivity index (χ0n) is 16.7. The van der Waals surface area contributed by atoms with E-state index in [9.17, 15) is 14.0 Å². The van der Waals surface area contributed by atoms with Crippen LogP contribution in [0.4, 0.5) is 15.8 Å². The number of nitrogens with zero attached hydrogens (tertiary/aromatic N) is 3. The number of esters is 1. The quantitative estimate of drug-likeness (QED) is 0.613. The average molecular weight is 424 g/mol. The first-order chi connectivity index (χ1) is 15.1. The van der Waals surface area contributed by atoms with Crippen molar-refractivity contribution in [2.45, 2.75) is 0 Å². The number of morpholine rings is 1. The Labute approximate surface area is 178 Å². The Morgan fingerprint density at radius 2 is 1.71 bits per heavy atom. The van der Waals surface area contributed by atoms with Gasteiger partial charge in [-0.25, -0.2) is 14.2 Å². The minimum atomic E-state index is -0.709. The van der Waals surface area contributed by atoms with Crippen molar-refractivity contribution in [3.63, 3.8) is 0 Å². The molecule has 160 valence electrons. The van der Waals surface area contributed by atoms with E-state index in [2.05, 4.69) is 15.2 Å². The van der Waals surface area contributed by atoms with E-state index < -0.39 is 18.5 Å². The SMILES string of the molecule is O=C(COC(=O)c1cncn1-c1ccc(F)cc1)Nc1ccc(N2CCOCC2)cc1. The molecular formula is C22H21FN4O4. The molecule has 1 aliphatic rings. The van der Waals surface area contributed by atoms with Gasteiger partial charge in [-0.3, -0.25) is 9.36 Å². The molecule has 0 bridgehead atoms. The lowest BCUT2D eigenvalue weighted by atomic mass is 10.2. The van der Waals surface area contributed by atoms with Crippen molar-refractivity contribution in [2.75, 3.05) is 43.1 Å². The number of carbonyl (C=O) groups is 2. The van der Waals surface area contributed by atoms with Crippen LogP contribution in [0.3, 0.4) is 0 Å². The molecule has 1 amide bonds. The van der Waals surface area contributed by atoms with Gasteiger partial charge in [0.25, 0.3) is 5.91 Å². The molecule has 1 N–H and O–H groups in total. The number of benzene rings is 2. The molecule has 1 aliphatic heterocycles. The summed E-state index contributed by atoms with van der Waals surface area (Å²) in [5, 5.41) is 2.70. The van der Waals surface area contributed by atoms with E-state index in [1.54, 1.807) is 12.1 Å². The molecule has 3 aromatic rings. The largest absolute Gasteiger partial charge is 0.451 e. The molecule has 0 saturated carbocycles. The Morgan fingerprint density at radius 3 is 2.42 bits per heavy atom. The summed E-state index contributed by atoms with van der Waals surface area (Å²) < 4.78 is 25.1. The maximum Gasteiger partial charge on any atom is 0.357 e. The highest BCUT2D eigenvalue weighted by Gasteiger charge is 2.17. The molecule has 1 aromatic heterocycles. The molecular weight excluding hydrogens is 403 g/mol. The molecule has 0 aliphatic carbocycles. The highest BCUT2D eigenvalue weighted by molar-refractivity contribution is 5.95. The zero-order chi connectivity index (χ0) is 21.6. The van der Waals surface area contributed by atoms with E-state index in [0.29, 0.717) is 24.6 Å². The van der Waals surface area contributed by atoms with Crippen molar-refractivity contribution in [1.82, 2.24) is 9.55 Å². The van der Waals surface area contributed by atoms with Gasteiger partial charge in [-0.05, 0) is 48.5 Å². The first kappa shape index (κ1) is 20.5. The third-order valence-electron chi connectivity index (χ3n) is 4.81. The van der Waals surface area contributed by atoms with Crippen LogP contribution in [0.2, 0.25) is 0 Å². The van der Waals surface area contributed by atoms with Crippen molar-refractivity contribution in [3.05, 3.63) is 72.6 Å². The summed E-state index contributed by atoms with van der Waals surface area (Å²) in [6, 6.07) is 13.0. The van der Waals surface area contributed by atoms with Gasteiger partial charge < -0.3 is 19.7 Å².